The van der Waals surface area contributed by atoms with Gasteiger partial charge in [-0.3, -0.25) is 4.52 Å². The van der Waals surface area contributed by atoms with Gasteiger partial charge in [-0.15, -0.1) is 0 Å². The first-order valence-electron chi connectivity index (χ1n) is 4.95. The highest BCUT2D eigenvalue weighted by Crippen LogP contribution is 2.15. The van der Waals surface area contributed by atoms with E-state index in [0.29, 0.717) is 13.0 Å². The quantitative estimate of drug-likeness (QED) is 0.784. The molecule has 0 spiro atoms. The van der Waals surface area contributed by atoms with Gasteiger partial charge in [0.1, 0.15) is 5.75 Å². The predicted molar refractivity (Wildman–Crippen MR) is 55.5 cm³/mol. The minimum Gasteiger partial charge on any atom is -0.494 e. The zero-order chi connectivity index (χ0) is 11.4. The molecule has 2 aromatic rings. The fraction of sp³-hybridized carbons (Fsp3) is 0.273. The highest BCUT2D eigenvalue weighted by atomic mass is 16.6. The van der Waals surface area contributed by atoms with E-state index in [4.69, 9.17) is 9.15 Å². The summed E-state index contributed by atoms with van der Waals surface area (Å²) in [6.07, 6.45) is 0.409. The van der Waals surface area contributed by atoms with Gasteiger partial charge in [-0.25, -0.2) is 4.79 Å². The molecule has 0 saturated carbocycles. The lowest BCUT2D eigenvalue weighted by molar-refractivity contribution is 0.334. The van der Waals surface area contributed by atoms with Crippen LogP contribution in [0.25, 0.3) is 0 Å². The highest BCUT2D eigenvalue weighted by Gasteiger charge is 2.05. The molecule has 1 aromatic heterocycles. The summed E-state index contributed by atoms with van der Waals surface area (Å²) in [7, 11) is 0. The van der Waals surface area contributed by atoms with E-state index in [1.165, 1.54) is 0 Å². The average molecular weight is 221 g/mol. The summed E-state index contributed by atoms with van der Waals surface area (Å²) in [5.41, 5.74) is 0.947. The van der Waals surface area contributed by atoms with Crippen LogP contribution in [0.5, 0.6) is 5.75 Å². The standard InChI is InChI=1S/C11H11NO4/c1-2-14-9-5-3-4-8(6-9)7-10-12-16-11(13)15-10/h3-6H,2,7H2,1H3. The van der Waals surface area contributed by atoms with Gasteiger partial charge in [-0.2, -0.15) is 0 Å². The molecule has 0 aliphatic rings. The Morgan fingerprint density at radius 2 is 2.31 bits per heavy atom. The van der Waals surface area contributed by atoms with Gasteiger partial charge in [-0.1, -0.05) is 12.1 Å². The van der Waals surface area contributed by atoms with Crippen LogP contribution in [-0.4, -0.2) is 11.8 Å². The third kappa shape index (κ3) is 2.50. The van der Waals surface area contributed by atoms with Gasteiger partial charge in [-0.05, 0) is 29.8 Å². The van der Waals surface area contributed by atoms with Crippen LogP contribution < -0.4 is 10.6 Å². The Balaban J connectivity index is 2.15. The Labute approximate surface area is 91.6 Å². The second kappa shape index (κ2) is 4.65. The number of nitrogens with zero attached hydrogens (tertiary/aromatic N) is 1. The average Bonchev–Trinajstić information content (AvgIpc) is 2.65. The van der Waals surface area contributed by atoms with Crippen molar-refractivity contribution >= 4 is 0 Å². The van der Waals surface area contributed by atoms with Crippen LogP contribution in [-0.2, 0) is 6.42 Å². The molecule has 1 aromatic carbocycles. The topological polar surface area (TPSA) is 65.5 Å². The number of ether oxygens (including phenoxy) is 1. The summed E-state index contributed by atoms with van der Waals surface area (Å²) in [6, 6.07) is 7.51. The Hall–Kier alpha value is -2.04. The normalized spacial score (nSPS) is 10.3. The van der Waals surface area contributed by atoms with Crippen LogP contribution in [0.3, 0.4) is 0 Å². The zero-order valence-electron chi connectivity index (χ0n) is 8.80. The fourth-order valence-corrected chi connectivity index (χ4v) is 1.38. The van der Waals surface area contributed by atoms with Gasteiger partial charge in [0.2, 0.25) is 5.89 Å². The molecule has 2 rings (SSSR count). The van der Waals surface area contributed by atoms with E-state index in [2.05, 4.69) is 9.68 Å². The largest absolute Gasteiger partial charge is 0.542 e. The number of benzene rings is 1. The maximum Gasteiger partial charge on any atom is 0.542 e. The SMILES string of the molecule is CCOc1cccc(Cc2noc(=O)o2)c1. The van der Waals surface area contributed by atoms with Crippen LogP contribution in [0.2, 0.25) is 0 Å². The molecule has 5 nitrogen and oxygen atoms in total. The Bertz CT molecular complexity index is 514. The molecule has 0 bridgehead atoms. The third-order valence-electron chi connectivity index (χ3n) is 1.99. The summed E-state index contributed by atoms with van der Waals surface area (Å²) >= 11 is 0. The Morgan fingerprint density at radius 1 is 1.44 bits per heavy atom. The summed E-state index contributed by atoms with van der Waals surface area (Å²) < 4.78 is 14.4. The molecule has 0 saturated heterocycles. The van der Waals surface area contributed by atoms with Gasteiger partial charge < -0.3 is 9.15 Å². The molecular weight excluding hydrogens is 210 g/mol. The molecule has 84 valence electrons. The van der Waals surface area contributed by atoms with Gasteiger partial charge in [0.05, 0.1) is 13.0 Å². The van der Waals surface area contributed by atoms with Crippen LogP contribution in [0.4, 0.5) is 0 Å². The zero-order valence-corrected chi connectivity index (χ0v) is 8.80. The monoisotopic (exact) mass is 221 g/mol. The molecule has 1 heterocycles. The van der Waals surface area contributed by atoms with E-state index in [9.17, 15) is 4.79 Å². The lowest BCUT2D eigenvalue weighted by Crippen LogP contribution is -1.94. The van der Waals surface area contributed by atoms with E-state index < -0.39 is 5.82 Å². The van der Waals surface area contributed by atoms with Crippen molar-refractivity contribution in [2.24, 2.45) is 0 Å². The number of hydrogen-bond acceptors (Lipinski definition) is 5. The number of aromatic nitrogens is 1. The molecule has 0 amide bonds. The number of rotatable bonds is 4. The Morgan fingerprint density at radius 3 is 3.00 bits per heavy atom. The molecular formula is C11H11NO4. The molecule has 16 heavy (non-hydrogen) atoms. The second-order valence-corrected chi connectivity index (χ2v) is 3.19. The van der Waals surface area contributed by atoms with Crippen molar-refractivity contribution in [3.8, 4) is 5.75 Å². The van der Waals surface area contributed by atoms with Gasteiger partial charge in [0.25, 0.3) is 0 Å². The molecule has 0 fully saturated rings. The molecule has 5 heteroatoms. The first-order valence-corrected chi connectivity index (χ1v) is 4.95. The predicted octanol–water partition coefficient (Wildman–Crippen LogP) is 1.62. The molecule has 0 radical (unpaired) electrons. The van der Waals surface area contributed by atoms with Crippen LogP contribution in [0, 0.1) is 0 Å². The molecule has 0 unspecified atom stereocenters. The van der Waals surface area contributed by atoms with Gasteiger partial charge in [0.15, 0.2) is 0 Å². The van der Waals surface area contributed by atoms with Crippen LogP contribution in [0.15, 0.2) is 38.0 Å². The van der Waals surface area contributed by atoms with Crippen molar-refractivity contribution in [3.63, 3.8) is 0 Å². The van der Waals surface area contributed by atoms with Crippen LogP contribution >= 0.6 is 0 Å². The molecule has 0 N–H and O–H groups in total. The maximum atomic E-state index is 10.6. The summed E-state index contributed by atoms with van der Waals surface area (Å²) in [5.74, 6) is 0.264. The lowest BCUT2D eigenvalue weighted by Gasteiger charge is -2.03. The molecule has 0 aliphatic carbocycles. The number of hydrogen-bond donors (Lipinski definition) is 0. The highest BCUT2D eigenvalue weighted by molar-refractivity contribution is 5.29. The van der Waals surface area contributed by atoms with Crippen molar-refractivity contribution in [1.29, 1.82) is 0 Å². The first kappa shape index (κ1) is 10.5. The summed E-state index contributed by atoms with van der Waals surface area (Å²) in [4.78, 5) is 10.6. The molecule has 0 atom stereocenters. The fourth-order valence-electron chi connectivity index (χ4n) is 1.38. The summed E-state index contributed by atoms with van der Waals surface area (Å²) in [5, 5.41) is 3.49. The van der Waals surface area contributed by atoms with Crippen LogP contribution in [0.1, 0.15) is 18.4 Å². The van der Waals surface area contributed by atoms with E-state index in [1.807, 2.05) is 31.2 Å². The van der Waals surface area contributed by atoms with Crippen molar-refractivity contribution in [1.82, 2.24) is 5.16 Å². The third-order valence-corrected chi connectivity index (χ3v) is 1.99. The van der Waals surface area contributed by atoms with E-state index in [1.54, 1.807) is 0 Å². The minimum atomic E-state index is -0.782. The maximum absolute atomic E-state index is 10.6. The lowest BCUT2D eigenvalue weighted by atomic mass is 10.1. The van der Waals surface area contributed by atoms with Crippen molar-refractivity contribution < 1.29 is 13.7 Å². The first-order chi connectivity index (χ1) is 7.78. The van der Waals surface area contributed by atoms with Crippen molar-refractivity contribution in [2.45, 2.75) is 13.3 Å². The second-order valence-electron chi connectivity index (χ2n) is 3.19. The Kier molecular flexibility index (Phi) is 3.05. The van der Waals surface area contributed by atoms with Gasteiger partial charge in [0, 0.05) is 0 Å². The van der Waals surface area contributed by atoms with Crippen molar-refractivity contribution in [2.75, 3.05) is 6.61 Å². The van der Waals surface area contributed by atoms with E-state index in [0.717, 1.165) is 11.3 Å². The van der Waals surface area contributed by atoms with Crippen molar-refractivity contribution in [3.05, 3.63) is 46.3 Å². The van der Waals surface area contributed by atoms with E-state index in [-0.39, 0.29) is 5.89 Å². The van der Waals surface area contributed by atoms with Gasteiger partial charge >= 0.3 is 5.82 Å². The summed E-state index contributed by atoms with van der Waals surface area (Å²) in [6.45, 7) is 2.53. The molecule has 0 aliphatic heterocycles. The van der Waals surface area contributed by atoms with E-state index >= 15 is 0 Å². The minimum absolute atomic E-state index is 0.263. The smallest absolute Gasteiger partial charge is 0.494 e.